The second kappa shape index (κ2) is 6.09. The zero-order chi connectivity index (χ0) is 16.5. The summed E-state index contributed by atoms with van der Waals surface area (Å²) in [6, 6.07) is 2.91. The Balaban J connectivity index is 2.35. The molecule has 0 spiro atoms. The minimum Gasteiger partial charge on any atom is -0.493 e. The lowest BCUT2D eigenvalue weighted by atomic mass is 9.78. The molecule has 22 heavy (non-hydrogen) atoms. The molecule has 1 aromatic rings. The van der Waals surface area contributed by atoms with E-state index < -0.39 is 24.1 Å². The first-order valence-corrected chi connectivity index (χ1v) is 7.57. The predicted molar refractivity (Wildman–Crippen MR) is 84.5 cm³/mol. The monoisotopic (exact) mass is 310 g/mol. The first kappa shape index (κ1) is 17.1. The third-order valence-corrected chi connectivity index (χ3v) is 4.25. The van der Waals surface area contributed by atoms with E-state index in [2.05, 4.69) is 0 Å². The van der Waals surface area contributed by atoms with Gasteiger partial charge in [-0.15, -0.1) is 0 Å². The predicted octanol–water partition coefficient (Wildman–Crippen LogP) is 2.92. The Labute approximate surface area is 132 Å². The fourth-order valence-corrected chi connectivity index (χ4v) is 2.19. The Kier molecular flexibility index (Phi) is 4.73. The van der Waals surface area contributed by atoms with Gasteiger partial charge in [0, 0.05) is 11.5 Å². The topological polar surface area (TPSA) is 36.9 Å². The van der Waals surface area contributed by atoms with Gasteiger partial charge in [0.25, 0.3) is 0 Å². The van der Waals surface area contributed by atoms with E-state index in [1.54, 1.807) is 6.07 Å². The molecule has 6 heteroatoms. The molecule has 0 bridgehead atoms. The lowest BCUT2D eigenvalue weighted by molar-refractivity contribution is 0.00578. The van der Waals surface area contributed by atoms with Crippen LogP contribution in [-0.4, -0.2) is 32.0 Å². The van der Waals surface area contributed by atoms with Crippen LogP contribution >= 0.6 is 0 Å². The van der Waals surface area contributed by atoms with Crippen molar-refractivity contribution in [3.8, 4) is 11.5 Å². The molecule has 122 valence electrons. The van der Waals surface area contributed by atoms with Gasteiger partial charge in [-0.2, -0.15) is 0 Å². The van der Waals surface area contributed by atoms with Gasteiger partial charge < -0.3 is 18.8 Å². The van der Waals surface area contributed by atoms with E-state index in [4.69, 9.17) is 18.8 Å². The lowest BCUT2D eigenvalue weighted by Crippen LogP contribution is -2.41. The van der Waals surface area contributed by atoms with Crippen molar-refractivity contribution < 1.29 is 23.2 Å². The highest BCUT2D eigenvalue weighted by molar-refractivity contribution is 6.62. The van der Waals surface area contributed by atoms with Gasteiger partial charge >= 0.3 is 7.12 Å². The van der Waals surface area contributed by atoms with Crippen LogP contribution in [0.4, 0.5) is 4.39 Å². The number of hydrogen-bond donors (Lipinski definition) is 0. The molecular formula is C16H24BFO4. The van der Waals surface area contributed by atoms with E-state index in [9.17, 15) is 4.39 Å². The molecule has 1 fully saturated rings. The van der Waals surface area contributed by atoms with E-state index in [1.807, 2.05) is 34.6 Å². The summed E-state index contributed by atoms with van der Waals surface area (Å²) < 4.78 is 37.0. The van der Waals surface area contributed by atoms with E-state index >= 15 is 0 Å². The second-order valence-corrected chi connectivity index (χ2v) is 6.46. The molecule has 0 N–H and O–H groups in total. The van der Waals surface area contributed by atoms with Gasteiger partial charge in [0.05, 0.1) is 24.9 Å². The number of ether oxygens (including phenoxy) is 2. The highest BCUT2D eigenvalue weighted by Crippen LogP contribution is 2.37. The average Bonchev–Trinajstić information content (AvgIpc) is 2.65. The summed E-state index contributed by atoms with van der Waals surface area (Å²) in [7, 11) is 0.724. The highest BCUT2D eigenvalue weighted by Gasteiger charge is 2.52. The summed E-state index contributed by atoms with van der Waals surface area (Å²) in [5.74, 6) is 0.431. The fraction of sp³-hybridized carbons (Fsp3) is 0.625. The van der Waals surface area contributed by atoms with Gasteiger partial charge in [0.1, 0.15) is 5.82 Å². The minimum absolute atomic E-state index is 0.325. The van der Waals surface area contributed by atoms with E-state index in [1.165, 1.54) is 13.2 Å². The summed E-state index contributed by atoms with van der Waals surface area (Å²) >= 11 is 0. The molecule has 0 atom stereocenters. The SMILES string of the molecule is CCCOc1cc(B2OC(C)(C)C(C)(C)O2)c(F)cc1OC. The van der Waals surface area contributed by atoms with E-state index in [-0.39, 0.29) is 0 Å². The maximum absolute atomic E-state index is 14.4. The molecule has 0 unspecified atom stereocenters. The van der Waals surface area contributed by atoms with Crippen molar-refractivity contribution in [2.24, 2.45) is 0 Å². The van der Waals surface area contributed by atoms with E-state index in [0.29, 0.717) is 23.6 Å². The number of hydrogen-bond acceptors (Lipinski definition) is 4. The summed E-state index contributed by atoms with van der Waals surface area (Å²) in [5.41, 5.74) is -0.714. The number of rotatable bonds is 5. The third-order valence-electron chi connectivity index (χ3n) is 4.25. The molecule has 1 aliphatic rings. The van der Waals surface area contributed by atoms with Gasteiger partial charge in [-0.3, -0.25) is 0 Å². The van der Waals surface area contributed by atoms with Crippen LogP contribution in [0.5, 0.6) is 11.5 Å². The molecule has 1 heterocycles. The van der Waals surface area contributed by atoms with Gasteiger partial charge in [0.15, 0.2) is 11.5 Å². The standard InChI is InChI=1S/C16H24BFO4/c1-7-8-20-14-9-11(12(18)10-13(14)19-6)17-21-15(2,3)16(4,5)22-17/h9-10H,7-8H2,1-6H3. The summed E-state index contributed by atoms with van der Waals surface area (Å²) in [6.07, 6.45) is 0.854. The fourth-order valence-electron chi connectivity index (χ4n) is 2.19. The summed E-state index contributed by atoms with van der Waals surface area (Å²) in [6.45, 7) is 10.3. The van der Waals surface area contributed by atoms with Crippen molar-refractivity contribution in [3.63, 3.8) is 0 Å². The molecule has 0 aromatic heterocycles. The number of halogens is 1. The first-order chi connectivity index (χ1) is 10.2. The van der Waals surface area contributed by atoms with Crippen LogP contribution in [0, 0.1) is 5.82 Å². The maximum Gasteiger partial charge on any atom is 0.497 e. The zero-order valence-corrected chi connectivity index (χ0v) is 14.2. The summed E-state index contributed by atoms with van der Waals surface area (Å²) in [4.78, 5) is 0. The average molecular weight is 310 g/mol. The Bertz CT molecular complexity index is 529. The van der Waals surface area contributed by atoms with Crippen molar-refractivity contribution in [1.82, 2.24) is 0 Å². The second-order valence-electron chi connectivity index (χ2n) is 6.46. The quantitative estimate of drug-likeness (QED) is 0.784. The van der Waals surface area contributed by atoms with Gasteiger partial charge in [-0.1, -0.05) is 6.92 Å². The Morgan fingerprint density at radius 3 is 2.18 bits per heavy atom. The Hall–Kier alpha value is -1.27. The van der Waals surface area contributed by atoms with Crippen LogP contribution in [0.1, 0.15) is 41.0 Å². The smallest absolute Gasteiger partial charge is 0.493 e. The highest BCUT2D eigenvalue weighted by atomic mass is 19.1. The molecular weight excluding hydrogens is 286 g/mol. The molecule has 0 saturated carbocycles. The van der Waals surface area contributed by atoms with Crippen LogP contribution in [0.2, 0.25) is 0 Å². The molecule has 1 saturated heterocycles. The molecule has 0 aliphatic carbocycles. The molecule has 1 aliphatic heterocycles. The molecule has 0 amide bonds. The largest absolute Gasteiger partial charge is 0.497 e. The third kappa shape index (κ3) is 3.08. The van der Waals surface area contributed by atoms with Crippen LogP contribution in [0.15, 0.2) is 12.1 Å². The van der Waals surface area contributed by atoms with Crippen LogP contribution in [0.3, 0.4) is 0 Å². The molecule has 1 aromatic carbocycles. The lowest BCUT2D eigenvalue weighted by Gasteiger charge is -2.32. The van der Waals surface area contributed by atoms with Crippen molar-refractivity contribution in [2.75, 3.05) is 13.7 Å². The maximum atomic E-state index is 14.4. The van der Waals surface area contributed by atoms with E-state index in [0.717, 1.165) is 6.42 Å². The molecule has 0 radical (unpaired) electrons. The van der Waals surface area contributed by atoms with Crippen LogP contribution in [-0.2, 0) is 9.31 Å². The summed E-state index contributed by atoms with van der Waals surface area (Å²) in [5, 5.41) is 0. The molecule has 4 nitrogen and oxygen atoms in total. The zero-order valence-electron chi connectivity index (χ0n) is 14.2. The van der Waals surface area contributed by atoms with Crippen molar-refractivity contribution in [2.45, 2.75) is 52.2 Å². The first-order valence-electron chi connectivity index (χ1n) is 7.57. The van der Waals surface area contributed by atoms with Gasteiger partial charge in [0.2, 0.25) is 0 Å². The van der Waals surface area contributed by atoms with Gasteiger partial charge in [-0.05, 0) is 40.2 Å². The van der Waals surface area contributed by atoms with Gasteiger partial charge in [-0.25, -0.2) is 4.39 Å². The molecule has 2 rings (SSSR count). The van der Waals surface area contributed by atoms with Crippen molar-refractivity contribution in [3.05, 3.63) is 17.9 Å². The number of benzene rings is 1. The van der Waals surface area contributed by atoms with Crippen molar-refractivity contribution in [1.29, 1.82) is 0 Å². The Morgan fingerprint density at radius 1 is 1.09 bits per heavy atom. The minimum atomic E-state index is -0.764. The Morgan fingerprint density at radius 2 is 1.68 bits per heavy atom. The number of methoxy groups -OCH3 is 1. The van der Waals surface area contributed by atoms with Crippen LogP contribution < -0.4 is 14.9 Å². The normalized spacial score (nSPS) is 19.3. The van der Waals surface area contributed by atoms with Crippen LogP contribution in [0.25, 0.3) is 0 Å². The van der Waals surface area contributed by atoms with Crippen molar-refractivity contribution >= 4 is 12.6 Å².